The van der Waals surface area contributed by atoms with E-state index in [4.69, 9.17) is 4.74 Å². The van der Waals surface area contributed by atoms with Crippen molar-refractivity contribution < 1.29 is 19.1 Å². The Morgan fingerprint density at radius 1 is 1.09 bits per heavy atom. The summed E-state index contributed by atoms with van der Waals surface area (Å²) >= 11 is 0. The molecule has 0 aromatic heterocycles. The van der Waals surface area contributed by atoms with Gasteiger partial charge in [0.25, 0.3) is 0 Å². The van der Waals surface area contributed by atoms with E-state index in [2.05, 4.69) is 17.6 Å². The highest BCUT2D eigenvalue weighted by Crippen LogP contribution is 2.26. The van der Waals surface area contributed by atoms with Gasteiger partial charge in [-0.3, -0.25) is 9.59 Å². The van der Waals surface area contributed by atoms with E-state index in [0.717, 1.165) is 30.4 Å². The average molecular weight is 487 g/mol. The van der Waals surface area contributed by atoms with Crippen LogP contribution in [-0.4, -0.2) is 47.5 Å². The zero-order valence-corrected chi connectivity index (χ0v) is 22.5. The zero-order chi connectivity index (χ0) is 26.8. The number of nitrogens with zero attached hydrogens (tertiary/aromatic N) is 2. The highest BCUT2D eigenvalue weighted by Gasteiger charge is 2.37. The fourth-order valence-corrected chi connectivity index (χ4v) is 3.82. The molecule has 2 unspecified atom stereocenters. The van der Waals surface area contributed by atoms with Gasteiger partial charge in [-0.2, -0.15) is 5.26 Å². The Labute approximate surface area is 210 Å². The molecule has 1 rings (SSSR count). The van der Waals surface area contributed by atoms with Gasteiger partial charge in [0.05, 0.1) is 6.07 Å². The number of alkyl carbamates (subject to hydrolysis) is 1. The van der Waals surface area contributed by atoms with Crippen LogP contribution < -0.4 is 10.6 Å². The number of ether oxygens (including phenoxy) is 1. The Balaban J connectivity index is 3.41. The van der Waals surface area contributed by atoms with Gasteiger partial charge in [0.2, 0.25) is 11.8 Å². The lowest BCUT2D eigenvalue weighted by Gasteiger charge is -2.34. The first kappa shape index (κ1) is 30.0. The summed E-state index contributed by atoms with van der Waals surface area (Å²) in [6, 6.07) is 5.73. The Morgan fingerprint density at radius 2 is 1.69 bits per heavy atom. The van der Waals surface area contributed by atoms with Gasteiger partial charge in [-0.1, -0.05) is 62.9 Å². The number of amides is 3. The molecular weight excluding hydrogens is 444 g/mol. The van der Waals surface area contributed by atoms with Crippen molar-refractivity contribution in [3.63, 3.8) is 0 Å². The predicted molar refractivity (Wildman–Crippen MR) is 137 cm³/mol. The molecule has 8 nitrogen and oxygen atoms in total. The predicted octanol–water partition coefficient (Wildman–Crippen LogP) is 4.55. The maximum Gasteiger partial charge on any atom is 0.408 e. The lowest BCUT2D eigenvalue weighted by molar-refractivity contribution is -0.142. The quantitative estimate of drug-likeness (QED) is 0.352. The fraction of sp³-hybridized carbons (Fsp3) is 0.630. The van der Waals surface area contributed by atoms with Crippen molar-refractivity contribution in [2.45, 2.75) is 92.3 Å². The summed E-state index contributed by atoms with van der Waals surface area (Å²) < 4.78 is 5.34. The minimum absolute atomic E-state index is 0.302. The lowest BCUT2D eigenvalue weighted by Crippen LogP contribution is -2.55. The molecule has 3 amide bonds. The molecule has 0 spiro atoms. The fourth-order valence-electron chi connectivity index (χ4n) is 3.82. The van der Waals surface area contributed by atoms with Gasteiger partial charge < -0.3 is 20.3 Å². The van der Waals surface area contributed by atoms with Crippen molar-refractivity contribution >= 4 is 17.9 Å². The van der Waals surface area contributed by atoms with Crippen LogP contribution in [0.1, 0.15) is 83.5 Å². The van der Waals surface area contributed by atoms with E-state index in [9.17, 15) is 19.6 Å². The normalized spacial score (nSPS) is 12.9. The van der Waals surface area contributed by atoms with Gasteiger partial charge in [-0.15, -0.1) is 0 Å². The topological polar surface area (TPSA) is 112 Å². The van der Waals surface area contributed by atoms with Crippen molar-refractivity contribution in [2.75, 3.05) is 13.1 Å². The third-order valence-electron chi connectivity index (χ3n) is 5.33. The van der Waals surface area contributed by atoms with E-state index in [-0.39, 0.29) is 18.4 Å². The van der Waals surface area contributed by atoms with Gasteiger partial charge in [0.1, 0.15) is 24.2 Å². The summed E-state index contributed by atoms with van der Waals surface area (Å²) in [7, 11) is 0. The molecule has 2 atom stereocenters. The SMILES string of the molecule is CCCCCNC(=O)C(c1cc(C)cc(C)c1)N(CC#N)C(=O)C(NC(=O)OC(C)(C)C)C(C)C. The van der Waals surface area contributed by atoms with E-state index in [1.54, 1.807) is 34.6 Å². The highest BCUT2D eigenvalue weighted by molar-refractivity contribution is 5.92. The molecule has 1 aromatic rings. The first-order valence-electron chi connectivity index (χ1n) is 12.3. The number of benzene rings is 1. The molecule has 1 aromatic carbocycles. The molecule has 0 saturated heterocycles. The third kappa shape index (κ3) is 9.97. The standard InChI is InChI=1S/C27H42N4O4/c1-9-10-11-13-29-24(32)23(21-16-19(4)15-20(5)17-21)31(14-12-28)25(33)22(18(2)3)30-26(34)35-27(6,7)8/h15-18,22-23H,9-11,13-14H2,1-8H3,(H,29,32)(H,30,34). The van der Waals surface area contributed by atoms with E-state index >= 15 is 0 Å². The van der Waals surface area contributed by atoms with Crippen LogP contribution in [0.25, 0.3) is 0 Å². The van der Waals surface area contributed by atoms with Crippen molar-refractivity contribution in [1.82, 2.24) is 15.5 Å². The molecule has 0 bridgehead atoms. The van der Waals surface area contributed by atoms with E-state index < -0.39 is 29.7 Å². The molecule has 194 valence electrons. The van der Waals surface area contributed by atoms with Crippen LogP contribution in [0.3, 0.4) is 0 Å². The summed E-state index contributed by atoms with van der Waals surface area (Å²) in [4.78, 5) is 40.9. The number of nitrogens with one attached hydrogen (secondary N) is 2. The van der Waals surface area contributed by atoms with Crippen molar-refractivity contribution in [3.8, 4) is 6.07 Å². The number of hydrogen-bond donors (Lipinski definition) is 2. The van der Waals surface area contributed by atoms with Crippen LogP contribution in [0.15, 0.2) is 18.2 Å². The average Bonchev–Trinajstić information content (AvgIpc) is 2.72. The van der Waals surface area contributed by atoms with E-state index in [0.29, 0.717) is 12.1 Å². The lowest BCUT2D eigenvalue weighted by atomic mass is 9.96. The monoisotopic (exact) mass is 486 g/mol. The number of unbranched alkanes of at least 4 members (excludes halogenated alkanes) is 2. The van der Waals surface area contributed by atoms with Crippen LogP contribution in [0.5, 0.6) is 0 Å². The molecule has 0 radical (unpaired) electrons. The summed E-state index contributed by atoms with van der Waals surface area (Å²) in [6.07, 6.45) is 2.09. The molecule has 0 aliphatic heterocycles. The molecule has 0 saturated carbocycles. The van der Waals surface area contributed by atoms with Crippen LogP contribution in [-0.2, 0) is 14.3 Å². The summed E-state index contributed by atoms with van der Waals surface area (Å²) in [5.41, 5.74) is 1.78. The van der Waals surface area contributed by atoms with Crippen LogP contribution >= 0.6 is 0 Å². The largest absolute Gasteiger partial charge is 0.444 e. The number of carbonyl (C=O) groups is 3. The second-order valence-corrected chi connectivity index (χ2v) is 10.3. The maximum atomic E-state index is 13.8. The number of aryl methyl sites for hydroxylation is 2. The number of carbonyl (C=O) groups excluding carboxylic acids is 3. The summed E-state index contributed by atoms with van der Waals surface area (Å²) in [5.74, 6) is -1.17. The minimum Gasteiger partial charge on any atom is -0.444 e. The third-order valence-corrected chi connectivity index (χ3v) is 5.33. The Hall–Kier alpha value is -3.08. The van der Waals surface area contributed by atoms with Gasteiger partial charge in [0.15, 0.2) is 0 Å². The van der Waals surface area contributed by atoms with Gasteiger partial charge >= 0.3 is 6.09 Å². The van der Waals surface area contributed by atoms with Crippen LogP contribution in [0, 0.1) is 31.1 Å². The van der Waals surface area contributed by atoms with E-state index in [1.807, 2.05) is 38.1 Å². The number of nitriles is 1. The smallest absolute Gasteiger partial charge is 0.408 e. The van der Waals surface area contributed by atoms with Gasteiger partial charge in [-0.05, 0) is 52.5 Å². The van der Waals surface area contributed by atoms with Gasteiger partial charge in [0, 0.05) is 6.54 Å². The number of rotatable bonds is 11. The zero-order valence-electron chi connectivity index (χ0n) is 22.5. The maximum absolute atomic E-state index is 13.8. The van der Waals surface area contributed by atoms with E-state index in [1.165, 1.54) is 4.90 Å². The van der Waals surface area contributed by atoms with Crippen LogP contribution in [0.4, 0.5) is 4.79 Å². The van der Waals surface area contributed by atoms with Crippen molar-refractivity contribution in [1.29, 1.82) is 5.26 Å². The highest BCUT2D eigenvalue weighted by atomic mass is 16.6. The van der Waals surface area contributed by atoms with Crippen molar-refractivity contribution in [2.24, 2.45) is 5.92 Å². The summed E-state index contributed by atoms with van der Waals surface area (Å²) in [5, 5.41) is 15.2. The Bertz CT molecular complexity index is 894. The Morgan fingerprint density at radius 3 is 2.17 bits per heavy atom. The molecule has 2 N–H and O–H groups in total. The molecule has 0 aliphatic rings. The Kier molecular flexibility index (Phi) is 11.7. The minimum atomic E-state index is -1.01. The molecule has 8 heteroatoms. The first-order chi connectivity index (χ1) is 16.3. The molecule has 0 fully saturated rings. The summed E-state index contributed by atoms with van der Waals surface area (Å²) in [6.45, 7) is 14.9. The molecule has 0 heterocycles. The van der Waals surface area contributed by atoms with Crippen molar-refractivity contribution in [3.05, 3.63) is 34.9 Å². The number of hydrogen-bond acceptors (Lipinski definition) is 5. The molecule has 0 aliphatic carbocycles. The second kappa shape index (κ2) is 13.7. The molecule has 35 heavy (non-hydrogen) atoms. The first-order valence-corrected chi connectivity index (χ1v) is 12.3. The second-order valence-electron chi connectivity index (χ2n) is 10.3. The van der Waals surface area contributed by atoms with Gasteiger partial charge in [-0.25, -0.2) is 4.79 Å². The molecular formula is C27H42N4O4. The van der Waals surface area contributed by atoms with Crippen LogP contribution in [0.2, 0.25) is 0 Å².